The van der Waals surface area contributed by atoms with Gasteiger partial charge in [-0.2, -0.15) is 0 Å². The number of aryl methyl sites for hydroxylation is 1. The van der Waals surface area contributed by atoms with Crippen LogP contribution >= 0.6 is 0 Å². The van der Waals surface area contributed by atoms with Crippen molar-refractivity contribution >= 4 is 11.9 Å². The second-order valence-corrected chi connectivity index (χ2v) is 4.27. The molecule has 0 aliphatic carbocycles. The number of rotatable bonds is 8. The highest BCUT2D eigenvalue weighted by molar-refractivity contribution is 5.77. The van der Waals surface area contributed by atoms with E-state index in [1.165, 1.54) is 0 Å². The number of hydrogen-bond donors (Lipinski definition) is 2. The van der Waals surface area contributed by atoms with E-state index in [1.54, 1.807) is 25.3 Å². The van der Waals surface area contributed by atoms with Gasteiger partial charge in [-0.3, -0.25) is 9.59 Å². The van der Waals surface area contributed by atoms with Crippen molar-refractivity contribution in [3.05, 3.63) is 23.8 Å². The highest BCUT2D eigenvalue weighted by atomic mass is 16.5. The number of methoxy groups -OCH3 is 1. The van der Waals surface area contributed by atoms with Gasteiger partial charge in [0.05, 0.1) is 7.11 Å². The Bertz CT molecular complexity index is 473. The Hall–Kier alpha value is -2.24. The largest absolute Gasteiger partial charge is 0.496 e. The summed E-state index contributed by atoms with van der Waals surface area (Å²) in [4.78, 5) is 21.8. The van der Waals surface area contributed by atoms with Crippen molar-refractivity contribution in [2.75, 3.05) is 20.3 Å². The molecule has 2 N–H and O–H groups in total. The van der Waals surface area contributed by atoms with Gasteiger partial charge in [0.1, 0.15) is 11.5 Å². The Morgan fingerprint density at radius 2 is 2.10 bits per heavy atom. The zero-order valence-electron chi connectivity index (χ0n) is 11.6. The second-order valence-electron chi connectivity index (χ2n) is 4.27. The minimum Gasteiger partial charge on any atom is -0.496 e. The average molecular weight is 281 g/mol. The highest BCUT2D eigenvalue weighted by Gasteiger charge is 2.05. The number of carbonyl (C=O) groups is 2. The summed E-state index contributed by atoms with van der Waals surface area (Å²) in [6, 6.07) is 5.29. The topological polar surface area (TPSA) is 84.9 Å². The number of hydrogen-bond acceptors (Lipinski definition) is 4. The Kier molecular flexibility index (Phi) is 6.36. The molecule has 1 aromatic carbocycles. The van der Waals surface area contributed by atoms with Crippen molar-refractivity contribution < 1.29 is 24.2 Å². The van der Waals surface area contributed by atoms with Gasteiger partial charge in [-0.15, -0.1) is 0 Å². The third kappa shape index (κ3) is 5.60. The standard InChI is InChI=1S/C14H19NO5/c1-10-8-11(5-6-12(10)19-2)20-9-13(16)15-7-3-4-14(17)18/h5-6,8H,3-4,7,9H2,1-2H3,(H,15,16)(H,17,18). The van der Waals surface area contributed by atoms with Gasteiger partial charge in [-0.05, 0) is 37.1 Å². The molecule has 0 aliphatic rings. The second kappa shape index (κ2) is 8.04. The highest BCUT2D eigenvalue weighted by Crippen LogP contribution is 2.22. The number of nitrogens with one attached hydrogen (secondary N) is 1. The number of carboxylic acid groups (broad SMARTS) is 1. The number of carbonyl (C=O) groups excluding carboxylic acids is 1. The number of amides is 1. The first kappa shape index (κ1) is 15.8. The van der Waals surface area contributed by atoms with Crippen molar-refractivity contribution in [1.29, 1.82) is 0 Å². The molecule has 0 radical (unpaired) electrons. The molecule has 1 rings (SSSR count). The van der Waals surface area contributed by atoms with Crippen LogP contribution in [0.3, 0.4) is 0 Å². The van der Waals surface area contributed by atoms with Crippen LogP contribution in [0.4, 0.5) is 0 Å². The number of aliphatic carboxylic acids is 1. The predicted octanol–water partition coefficient (Wildman–Crippen LogP) is 1.36. The van der Waals surface area contributed by atoms with Gasteiger partial charge < -0.3 is 19.9 Å². The van der Waals surface area contributed by atoms with Crippen molar-refractivity contribution in [2.24, 2.45) is 0 Å². The van der Waals surface area contributed by atoms with Crippen LogP contribution in [0.1, 0.15) is 18.4 Å². The van der Waals surface area contributed by atoms with E-state index < -0.39 is 5.97 Å². The van der Waals surface area contributed by atoms with Crippen LogP contribution in [0.5, 0.6) is 11.5 Å². The van der Waals surface area contributed by atoms with Gasteiger partial charge in [0.2, 0.25) is 0 Å². The summed E-state index contributed by atoms with van der Waals surface area (Å²) in [5.41, 5.74) is 0.923. The molecule has 0 saturated carbocycles. The Morgan fingerprint density at radius 1 is 1.35 bits per heavy atom. The third-order valence-electron chi connectivity index (χ3n) is 2.63. The quantitative estimate of drug-likeness (QED) is 0.703. The lowest BCUT2D eigenvalue weighted by Crippen LogP contribution is -2.29. The SMILES string of the molecule is COc1ccc(OCC(=O)NCCCC(=O)O)cc1C. The Balaban J connectivity index is 2.30. The van der Waals surface area contributed by atoms with Gasteiger partial charge in [-0.25, -0.2) is 0 Å². The fraction of sp³-hybridized carbons (Fsp3) is 0.429. The maximum absolute atomic E-state index is 11.5. The first-order valence-electron chi connectivity index (χ1n) is 6.29. The molecular formula is C14H19NO5. The average Bonchev–Trinajstić information content (AvgIpc) is 2.41. The van der Waals surface area contributed by atoms with Crippen LogP contribution < -0.4 is 14.8 Å². The van der Waals surface area contributed by atoms with Crippen LogP contribution in [0.25, 0.3) is 0 Å². The molecular weight excluding hydrogens is 262 g/mol. The fourth-order valence-electron chi connectivity index (χ4n) is 1.61. The summed E-state index contributed by atoms with van der Waals surface area (Å²) in [6.07, 6.45) is 0.446. The molecule has 0 heterocycles. The molecule has 1 aromatic rings. The lowest BCUT2D eigenvalue weighted by molar-refractivity contribution is -0.137. The molecule has 0 bridgehead atoms. The number of carboxylic acids is 1. The van der Waals surface area contributed by atoms with E-state index in [4.69, 9.17) is 14.6 Å². The van der Waals surface area contributed by atoms with Crippen LogP contribution in [0.15, 0.2) is 18.2 Å². The monoisotopic (exact) mass is 281 g/mol. The van der Waals surface area contributed by atoms with Gasteiger partial charge >= 0.3 is 5.97 Å². The molecule has 0 saturated heterocycles. The van der Waals surface area contributed by atoms with Gasteiger partial charge in [-0.1, -0.05) is 0 Å². The van der Waals surface area contributed by atoms with Crippen LogP contribution in [-0.2, 0) is 9.59 Å². The molecule has 0 aromatic heterocycles. The molecule has 6 nitrogen and oxygen atoms in total. The summed E-state index contributed by atoms with van der Waals surface area (Å²) in [7, 11) is 1.59. The van der Waals surface area contributed by atoms with Crippen LogP contribution in [0, 0.1) is 6.92 Å². The molecule has 6 heteroatoms. The summed E-state index contributed by atoms with van der Waals surface area (Å²) < 4.78 is 10.5. The molecule has 0 fully saturated rings. The Morgan fingerprint density at radius 3 is 2.70 bits per heavy atom. The fourth-order valence-corrected chi connectivity index (χ4v) is 1.61. The molecule has 0 spiro atoms. The van der Waals surface area contributed by atoms with E-state index >= 15 is 0 Å². The smallest absolute Gasteiger partial charge is 0.303 e. The summed E-state index contributed by atoms with van der Waals surface area (Å²) in [6.45, 7) is 2.12. The van der Waals surface area contributed by atoms with E-state index in [1.807, 2.05) is 6.92 Å². The summed E-state index contributed by atoms with van der Waals surface area (Å²) >= 11 is 0. The number of ether oxygens (including phenoxy) is 2. The zero-order chi connectivity index (χ0) is 15.0. The lowest BCUT2D eigenvalue weighted by atomic mass is 10.2. The third-order valence-corrected chi connectivity index (χ3v) is 2.63. The van der Waals surface area contributed by atoms with E-state index in [0.29, 0.717) is 18.7 Å². The molecule has 0 unspecified atom stereocenters. The van der Waals surface area contributed by atoms with E-state index in [0.717, 1.165) is 11.3 Å². The maximum atomic E-state index is 11.5. The molecule has 110 valence electrons. The summed E-state index contributed by atoms with van der Waals surface area (Å²) in [5.74, 6) is 0.201. The van der Waals surface area contributed by atoms with Crippen molar-refractivity contribution in [3.63, 3.8) is 0 Å². The van der Waals surface area contributed by atoms with Gasteiger partial charge in [0.25, 0.3) is 5.91 Å². The minimum absolute atomic E-state index is 0.0405. The lowest BCUT2D eigenvalue weighted by Gasteiger charge is -2.09. The minimum atomic E-state index is -0.871. The summed E-state index contributed by atoms with van der Waals surface area (Å²) in [5, 5.41) is 11.0. The van der Waals surface area contributed by atoms with E-state index in [2.05, 4.69) is 5.32 Å². The zero-order valence-corrected chi connectivity index (χ0v) is 11.6. The van der Waals surface area contributed by atoms with Crippen molar-refractivity contribution in [1.82, 2.24) is 5.32 Å². The first-order chi connectivity index (χ1) is 9.52. The molecule has 0 atom stereocenters. The van der Waals surface area contributed by atoms with Crippen LogP contribution in [-0.4, -0.2) is 37.2 Å². The first-order valence-corrected chi connectivity index (χ1v) is 6.29. The molecule has 1 amide bonds. The van der Waals surface area contributed by atoms with Gasteiger partial charge in [0, 0.05) is 13.0 Å². The molecule has 20 heavy (non-hydrogen) atoms. The predicted molar refractivity (Wildman–Crippen MR) is 73.1 cm³/mol. The van der Waals surface area contributed by atoms with Crippen molar-refractivity contribution in [3.8, 4) is 11.5 Å². The normalized spacial score (nSPS) is 9.90. The van der Waals surface area contributed by atoms with E-state index in [9.17, 15) is 9.59 Å². The maximum Gasteiger partial charge on any atom is 0.303 e. The van der Waals surface area contributed by atoms with Gasteiger partial charge in [0.15, 0.2) is 6.61 Å². The van der Waals surface area contributed by atoms with E-state index in [-0.39, 0.29) is 18.9 Å². The van der Waals surface area contributed by atoms with Crippen molar-refractivity contribution in [2.45, 2.75) is 19.8 Å². The molecule has 0 aliphatic heterocycles. The Labute approximate surface area is 117 Å². The number of benzene rings is 1. The van der Waals surface area contributed by atoms with Crippen LogP contribution in [0.2, 0.25) is 0 Å².